The predicted octanol–water partition coefficient (Wildman–Crippen LogP) is 3.19. The lowest BCUT2D eigenvalue weighted by atomic mass is 10.1. The van der Waals surface area contributed by atoms with Gasteiger partial charge in [-0.2, -0.15) is 0 Å². The summed E-state index contributed by atoms with van der Waals surface area (Å²) in [4.78, 5) is 18.9. The highest BCUT2D eigenvalue weighted by Crippen LogP contribution is 2.25. The van der Waals surface area contributed by atoms with Gasteiger partial charge in [-0.1, -0.05) is 12.5 Å². The molecule has 1 aliphatic heterocycles. The smallest absolute Gasteiger partial charge is 0.287 e. The van der Waals surface area contributed by atoms with Crippen LogP contribution in [-0.2, 0) is 6.42 Å². The molecule has 0 bridgehead atoms. The Hall–Kier alpha value is -2.14. The van der Waals surface area contributed by atoms with E-state index in [1.165, 1.54) is 19.3 Å². The lowest BCUT2D eigenvalue weighted by Crippen LogP contribution is -2.32. The Morgan fingerprint density at radius 3 is 2.83 bits per heavy atom. The molecule has 128 valence electrons. The molecule has 5 heteroatoms. The molecule has 1 saturated heterocycles. The summed E-state index contributed by atoms with van der Waals surface area (Å²) in [6.07, 6.45) is 6.27. The Bertz CT molecular complexity index is 648. The van der Waals surface area contributed by atoms with Crippen LogP contribution in [0.15, 0.2) is 40.9 Å². The summed E-state index contributed by atoms with van der Waals surface area (Å²) in [6.45, 7) is 4.90. The van der Waals surface area contributed by atoms with Crippen LogP contribution in [0.5, 0.6) is 0 Å². The van der Waals surface area contributed by atoms with Crippen LogP contribution in [0.1, 0.15) is 54.2 Å². The van der Waals surface area contributed by atoms with Crippen LogP contribution in [0.2, 0.25) is 0 Å². The number of piperidine rings is 1. The van der Waals surface area contributed by atoms with E-state index in [9.17, 15) is 4.79 Å². The van der Waals surface area contributed by atoms with Crippen LogP contribution in [0.3, 0.4) is 0 Å². The van der Waals surface area contributed by atoms with Gasteiger partial charge in [0.2, 0.25) is 0 Å². The first-order chi connectivity index (χ1) is 11.7. The van der Waals surface area contributed by atoms with E-state index in [0.29, 0.717) is 18.7 Å². The van der Waals surface area contributed by atoms with Gasteiger partial charge in [0, 0.05) is 24.9 Å². The van der Waals surface area contributed by atoms with Crippen LogP contribution in [-0.4, -0.2) is 35.4 Å². The topological polar surface area (TPSA) is 58.4 Å². The number of hydrogen-bond donors (Lipinski definition) is 1. The molecule has 1 N–H and O–H groups in total. The first kappa shape index (κ1) is 16.7. The number of furan rings is 1. The molecule has 0 spiro atoms. The number of likely N-dealkylation sites (tertiary alicyclic amines) is 1. The average Bonchev–Trinajstić information content (AvgIpc) is 3.13. The maximum atomic E-state index is 12.2. The number of aromatic nitrogens is 1. The second-order valence-electron chi connectivity index (χ2n) is 6.30. The van der Waals surface area contributed by atoms with Gasteiger partial charge < -0.3 is 9.73 Å². The fraction of sp³-hybridized carbons (Fsp3) is 0.474. The summed E-state index contributed by atoms with van der Waals surface area (Å²) in [5.74, 6) is 1.09. The zero-order valence-corrected chi connectivity index (χ0v) is 14.2. The van der Waals surface area contributed by atoms with Crippen LogP contribution in [0, 0.1) is 0 Å². The van der Waals surface area contributed by atoms with Crippen molar-refractivity contribution in [1.29, 1.82) is 0 Å². The predicted molar refractivity (Wildman–Crippen MR) is 92.8 cm³/mol. The van der Waals surface area contributed by atoms with E-state index >= 15 is 0 Å². The Balaban J connectivity index is 1.51. The second-order valence-corrected chi connectivity index (χ2v) is 6.30. The molecular weight excluding hydrogens is 302 g/mol. The van der Waals surface area contributed by atoms with Gasteiger partial charge in [-0.05, 0) is 57.1 Å². The van der Waals surface area contributed by atoms with Crippen molar-refractivity contribution in [3.8, 4) is 0 Å². The van der Waals surface area contributed by atoms with Gasteiger partial charge in [-0.3, -0.25) is 14.7 Å². The van der Waals surface area contributed by atoms with Crippen molar-refractivity contribution in [2.24, 2.45) is 0 Å². The first-order valence-electron chi connectivity index (χ1n) is 8.76. The monoisotopic (exact) mass is 327 g/mol. The molecular formula is C19H25N3O2. The van der Waals surface area contributed by atoms with Crippen molar-refractivity contribution in [2.75, 3.05) is 19.6 Å². The number of hydrogen-bond acceptors (Lipinski definition) is 4. The van der Waals surface area contributed by atoms with Crippen molar-refractivity contribution in [3.05, 3.63) is 53.7 Å². The molecule has 1 fully saturated rings. The average molecular weight is 327 g/mol. The van der Waals surface area contributed by atoms with E-state index < -0.39 is 0 Å². The van der Waals surface area contributed by atoms with Gasteiger partial charge >= 0.3 is 0 Å². The summed E-state index contributed by atoms with van der Waals surface area (Å²) >= 11 is 0. The highest BCUT2D eigenvalue weighted by Gasteiger charge is 2.22. The van der Waals surface area contributed by atoms with Crippen LogP contribution < -0.4 is 5.32 Å². The van der Waals surface area contributed by atoms with Gasteiger partial charge in [-0.25, -0.2) is 0 Å². The molecule has 5 nitrogen and oxygen atoms in total. The van der Waals surface area contributed by atoms with Crippen LogP contribution >= 0.6 is 0 Å². The van der Waals surface area contributed by atoms with Gasteiger partial charge in [-0.15, -0.1) is 0 Å². The van der Waals surface area contributed by atoms with Crippen molar-refractivity contribution < 1.29 is 9.21 Å². The molecule has 0 aliphatic carbocycles. The molecule has 0 radical (unpaired) electrons. The molecule has 3 rings (SSSR count). The molecule has 3 heterocycles. The lowest BCUT2D eigenvalue weighted by Gasteiger charge is -2.31. The lowest BCUT2D eigenvalue weighted by molar-refractivity contribution is 0.0917. The van der Waals surface area contributed by atoms with Crippen molar-refractivity contribution in [2.45, 2.75) is 38.6 Å². The maximum Gasteiger partial charge on any atom is 0.287 e. The fourth-order valence-electron chi connectivity index (χ4n) is 3.12. The van der Waals surface area contributed by atoms with Crippen LogP contribution in [0.4, 0.5) is 0 Å². The molecule has 0 saturated carbocycles. The molecule has 1 aliphatic rings. The SMILES string of the molecule is C[C@H](c1ccc(C(=O)NCCc2ccccn2)o1)N1CCCCC1. The number of nitrogens with zero attached hydrogens (tertiary/aromatic N) is 2. The van der Waals surface area contributed by atoms with E-state index in [1.54, 1.807) is 12.3 Å². The maximum absolute atomic E-state index is 12.2. The highest BCUT2D eigenvalue weighted by molar-refractivity contribution is 5.91. The van der Waals surface area contributed by atoms with Gasteiger partial charge in [0.15, 0.2) is 5.76 Å². The van der Waals surface area contributed by atoms with E-state index in [2.05, 4.69) is 22.1 Å². The third kappa shape index (κ3) is 4.23. The Morgan fingerprint density at radius 2 is 2.08 bits per heavy atom. The molecule has 2 aromatic heterocycles. The molecule has 24 heavy (non-hydrogen) atoms. The van der Waals surface area contributed by atoms with Gasteiger partial charge in [0.05, 0.1) is 6.04 Å². The number of rotatable bonds is 6. The molecule has 0 aromatic carbocycles. The summed E-state index contributed by atoms with van der Waals surface area (Å²) in [7, 11) is 0. The molecule has 1 atom stereocenters. The number of pyridine rings is 1. The zero-order chi connectivity index (χ0) is 16.8. The van der Waals surface area contributed by atoms with Gasteiger partial charge in [0.1, 0.15) is 5.76 Å². The van der Waals surface area contributed by atoms with Crippen molar-refractivity contribution in [3.63, 3.8) is 0 Å². The molecule has 1 amide bonds. The Labute approximate surface area is 143 Å². The minimum Gasteiger partial charge on any atom is -0.454 e. The van der Waals surface area contributed by atoms with E-state index in [4.69, 9.17) is 4.42 Å². The highest BCUT2D eigenvalue weighted by atomic mass is 16.4. The Morgan fingerprint density at radius 1 is 1.25 bits per heavy atom. The number of amides is 1. The third-order valence-corrected chi connectivity index (χ3v) is 4.59. The first-order valence-corrected chi connectivity index (χ1v) is 8.76. The minimum atomic E-state index is -0.164. The number of nitrogens with one attached hydrogen (secondary N) is 1. The summed E-state index contributed by atoms with van der Waals surface area (Å²) in [6, 6.07) is 9.71. The number of carbonyl (C=O) groups is 1. The normalized spacial score (nSPS) is 16.7. The van der Waals surface area contributed by atoms with Crippen LogP contribution in [0.25, 0.3) is 0 Å². The van der Waals surface area contributed by atoms with E-state index in [1.807, 2.05) is 24.3 Å². The van der Waals surface area contributed by atoms with E-state index in [-0.39, 0.29) is 11.9 Å². The fourth-order valence-corrected chi connectivity index (χ4v) is 3.12. The van der Waals surface area contributed by atoms with Crippen molar-refractivity contribution >= 4 is 5.91 Å². The molecule has 2 aromatic rings. The summed E-state index contributed by atoms with van der Waals surface area (Å²) in [5.41, 5.74) is 0.969. The summed E-state index contributed by atoms with van der Waals surface area (Å²) in [5, 5.41) is 2.89. The second kappa shape index (κ2) is 8.11. The Kier molecular flexibility index (Phi) is 5.64. The largest absolute Gasteiger partial charge is 0.454 e. The van der Waals surface area contributed by atoms with E-state index in [0.717, 1.165) is 24.5 Å². The third-order valence-electron chi connectivity index (χ3n) is 4.59. The quantitative estimate of drug-likeness (QED) is 0.885. The van der Waals surface area contributed by atoms with Crippen molar-refractivity contribution in [1.82, 2.24) is 15.2 Å². The zero-order valence-electron chi connectivity index (χ0n) is 14.2. The standard InChI is InChI=1S/C19H25N3O2/c1-15(22-13-5-2-6-14-22)17-8-9-18(24-17)19(23)21-12-10-16-7-3-4-11-20-16/h3-4,7-9,11,15H,2,5-6,10,12-14H2,1H3,(H,21,23)/t15-/m1/s1. The van der Waals surface area contributed by atoms with Gasteiger partial charge in [0.25, 0.3) is 5.91 Å². The number of carbonyl (C=O) groups excluding carboxylic acids is 1. The summed E-state index contributed by atoms with van der Waals surface area (Å²) < 4.78 is 5.79. The minimum absolute atomic E-state index is 0.164. The molecule has 0 unspecified atom stereocenters.